The fourth-order valence-corrected chi connectivity index (χ4v) is 4.63. The molecule has 1 amide bonds. The maximum atomic E-state index is 12.4. The van der Waals surface area contributed by atoms with Gasteiger partial charge in [-0.25, -0.2) is 8.42 Å². The first kappa shape index (κ1) is 19.3. The van der Waals surface area contributed by atoms with E-state index in [0.717, 1.165) is 28.0 Å². The molecule has 0 bridgehead atoms. The zero-order valence-corrected chi connectivity index (χ0v) is 17.2. The minimum absolute atomic E-state index is 0.0840. The van der Waals surface area contributed by atoms with E-state index in [9.17, 15) is 13.2 Å². The summed E-state index contributed by atoms with van der Waals surface area (Å²) in [5, 5.41) is 12.2. The third kappa shape index (κ3) is 4.69. The van der Waals surface area contributed by atoms with Crippen molar-refractivity contribution in [3.05, 3.63) is 77.0 Å². The molecule has 2 aliphatic rings. The number of thiophene rings is 1. The molecule has 29 heavy (non-hydrogen) atoms. The van der Waals surface area contributed by atoms with Gasteiger partial charge in [0.15, 0.2) is 0 Å². The van der Waals surface area contributed by atoms with Crippen LogP contribution >= 0.6 is 11.3 Å². The Balaban J connectivity index is 1.43. The number of carbonyl (C=O) groups is 1. The number of benzene rings is 1. The summed E-state index contributed by atoms with van der Waals surface area (Å²) in [6.45, 7) is 0. The van der Waals surface area contributed by atoms with Crippen molar-refractivity contribution >= 4 is 43.5 Å². The van der Waals surface area contributed by atoms with Crippen LogP contribution in [0.25, 0.3) is 5.57 Å². The van der Waals surface area contributed by atoms with Crippen molar-refractivity contribution in [2.75, 3.05) is 16.3 Å². The van der Waals surface area contributed by atoms with Crippen molar-refractivity contribution in [2.45, 2.75) is 12.6 Å². The molecule has 0 saturated carbocycles. The minimum atomic E-state index is -3.36. The van der Waals surface area contributed by atoms with Crippen LogP contribution < -0.4 is 20.7 Å². The molecule has 150 valence electrons. The number of fused-ring (bicyclic) bond motifs is 1. The summed E-state index contributed by atoms with van der Waals surface area (Å²) in [4.78, 5) is 12.4. The number of allylic oxidation sites excluding steroid dienone is 2. The number of sulfonamides is 1. The first-order chi connectivity index (χ1) is 13.9. The predicted molar refractivity (Wildman–Crippen MR) is 117 cm³/mol. The van der Waals surface area contributed by atoms with Crippen LogP contribution in [-0.2, 0) is 21.2 Å². The van der Waals surface area contributed by atoms with Gasteiger partial charge in [-0.2, -0.15) is 0 Å². The Kier molecular flexibility index (Phi) is 5.16. The Bertz CT molecular complexity index is 1150. The largest absolute Gasteiger partial charge is 0.368 e. The molecular formula is C20H20N4O3S2. The lowest BCUT2D eigenvalue weighted by molar-refractivity contribution is -0.115. The lowest BCUT2D eigenvalue weighted by Gasteiger charge is -2.20. The number of hydrogen-bond donors (Lipinski definition) is 4. The van der Waals surface area contributed by atoms with E-state index < -0.39 is 10.0 Å². The summed E-state index contributed by atoms with van der Waals surface area (Å²) in [7, 11) is -3.36. The number of amides is 1. The zero-order valence-electron chi connectivity index (χ0n) is 15.6. The highest BCUT2D eigenvalue weighted by Crippen LogP contribution is 2.32. The molecular weight excluding hydrogens is 408 g/mol. The molecule has 7 nitrogen and oxygen atoms in total. The summed E-state index contributed by atoms with van der Waals surface area (Å²) >= 11 is 1.47. The van der Waals surface area contributed by atoms with Gasteiger partial charge in [-0.1, -0.05) is 12.1 Å². The molecule has 1 aromatic carbocycles. The smallest absolute Gasteiger partial charge is 0.229 e. The first-order valence-corrected chi connectivity index (χ1v) is 11.7. The van der Waals surface area contributed by atoms with Gasteiger partial charge in [0.2, 0.25) is 15.9 Å². The second-order valence-corrected chi connectivity index (χ2v) is 9.46. The zero-order chi connectivity index (χ0) is 20.4. The van der Waals surface area contributed by atoms with Crippen molar-refractivity contribution in [3.63, 3.8) is 0 Å². The Morgan fingerprint density at radius 2 is 1.97 bits per heavy atom. The maximum absolute atomic E-state index is 12.4. The van der Waals surface area contributed by atoms with Gasteiger partial charge in [0.1, 0.15) is 6.17 Å². The van der Waals surface area contributed by atoms with Gasteiger partial charge < -0.3 is 16.0 Å². The van der Waals surface area contributed by atoms with Gasteiger partial charge in [0, 0.05) is 16.6 Å². The van der Waals surface area contributed by atoms with Crippen molar-refractivity contribution in [3.8, 4) is 0 Å². The van der Waals surface area contributed by atoms with E-state index in [4.69, 9.17) is 0 Å². The third-order valence-electron chi connectivity index (χ3n) is 4.43. The molecule has 2 aromatic rings. The van der Waals surface area contributed by atoms with Crippen molar-refractivity contribution < 1.29 is 13.2 Å². The van der Waals surface area contributed by atoms with Gasteiger partial charge >= 0.3 is 0 Å². The van der Waals surface area contributed by atoms with Crippen LogP contribution in [0.5, 0.6) is 0 Å². The van der Waals surface area contributed by atoms with Gasteiger partial charge in [-0.15, -0.1) is 11.3 Å². The average molecular weight is 429 g/mol. The molecule has 0 radical (unpaired) electrons. The normalized spacial score (nSPS) is 17.5. The van der Waals surface area contributed by atoms with Crippen molar-refractivity contribution in [2.24, 2.45) is 0 Å². The number of carbonyl (C=O) groups excluding carboxylic acids is 1. The molecule has 4 N–H and O–H groups in total. The van der Waals surface area contributed by atoms with Crippen LogP contribution in [0.2, 0.25) is 0 Å². The van der Waals surface area contributed by atoms with Crippen LogP contribution in [0.4, 0.5) is 10.7 Å². The Morgan fingerprint density at radius 3 is 2.76 bits per heavy atom. The summed E-state index contributed by atoms with van der Waals surface area (Å²) in [5.74, 6) is -0.159. The van der Waals surface area contributed by atoms with E-state index in [2.05, 4.69) is 20.7 Å². The Labute approximate surface area is 173 Å². The molecule has 0 fully saturated rings. The van der Waals surface area contributed by atoms with E-state index in [-0.39, 0.29) is 18.5 Å². The highest BCUT2D eigenvalue weighted by molar-refractivity contribution is 7.92. The van der Waals surface area contributed by atoms with Crippen LogP contribution in [0.15, 0.2) is 65.8 Å². The highest BCUT2D eigenvalue weighted by atomic mass is 32.2. The topological polar surface area (TPSA) is 99.3 Å². The fourth-order valence-electron chi connectivity index (χ4n) is 3.26. The third-order valence-corrected chi connectivity index (χ3v) is 5.88. The van der Waals surface area contributed by atoms with Gasteiger partial charge in [0.05, 0.1) is 17.7 Å². The van der Waals surface area contributed by atoms with E-state index in [0.29, 0.717) is 5.69 Å². The Hall–Kier alpha value is -3.04. The molecule has 4 rings (SSSR count). The molecule has 1 atom stereocenters. The fraction of sp³-hybridized carbons (Fsp3) is 0.150. The second-order valence-electron chi connectivity index (χ2n) is 6.80. The monoisotopic (exact) mass is 428 g/mol. The van der Waals surface area contributed by atoms with E-state index >= 15 is 0 Å². The lowest BCUT2D eigenvalue weighted by atomic mass is 9.99. The molecule has 3 heterocycles. The predicted octanol–water partition coefficient (Wildman–Crippen LogP) is 2.61. The summed E-state index contributed by atoms with van der Waals surface area (Å²) < 4.78 is 25.2. The molecule has 0 saturated heterocycles. The van der Waals surface area contributed by atoms with Gasteiger partial charge in [0.25, 0.3) is 0 Å². The standard InChI is InChI=1S/C20H20N4O3S2/c1-29(26,27)24-15-4-2-3-13(9-15)10-18(25)23-19-11-14(12-28-19)16-5-7-21-20-17(16)6-8-22-20/h2-9,11-12,20-22,24H,10H2,1H3,(H,23,25). The molecule has 0 spiro atoms. The maximum Gasteiger partial charge on any atom is 0.229 e. The molecule has 2 aliphatic heterocycles. The molecule has 1 unspecified atom stereocenters. The number of anilines is 2. The van der Waals surface area contributed by atoms with Crippen LogP contribution in [0, 0.1) is 0 Å². The summed E-state index contributed by atoms with van der Waals surface area (Å²) in [6, 6.07) is 8.78. The summed E-state index contributed by atoms with van der Waals surface area (Å²) in [6.07, 6.45) is 9.23. The first-order valence-electron chi connectivity index (χ1n) is 8.92. The van der Waals surface area contributed by atoms with E-state index in [1.54, 1.807) is 24.3 Å². The van der Waals surface area contributed by atoms with Crippen molar-refractivity contribution in [1.29, 1.82) is 0 Å². The van der Waals surface area contributed by atoms with Crippen molar-refractivity contribution in [1.82, 2.24) is 10.6 Å². The van der Waals surface area contributed by atoms with Crippen LogP contribution in [-0.4, -0.2) is 26.7 Å². The SMILES string of the molecule is CS(=O)(=O)Nc1cccc(CC(=O)Nc2cc(C3=C4C=CNC4NC=C3)cs2)c1. The van der Waals surface area contributed by atoms with Crippen LogP contribution in [0.1, 0.15) is 11.1 Å². The van der Waals surface area contributed by atoms with Gasteiger partial charge in [-0.3, -0.25) is 9.52 Å². The average Bonchev–Trinajstić information content (AvgIpc) is 3.29. The van der Waals surface area contributed by atoms with Gasteiger partial charge in [-0.05, 0) is 59.5 Å². The number of hydrogen-bond acceptors (Lipinski definition) is 6. The number of rotatable bonds is 6. The minimum Gasteiger partial charge on any atom is -0.368 e. The lowest BCUT2D eigenvalue weighted by Crippen LogP contribution is -2.36. The van der Waals surface area contributed by atoms with E-state index in [1.807, 2.05) is 36.0 Å². The van der Waals surface area contributed by atoms with E-state index in [1.165, 1.54) is 16.9 Å². The second kappa shape index (κ2) is 7.76. The summed E-state index contributed by atoms with van der Waals surface area (Å²) in [5.41, 5.74) is 4.50. The molecule has 0 aliphatic carbocycles. The molecule has 1 aromatic heterocycles. The highest BCUT2D eigenvalue weighted by Gasteiger charge is 2.21. The van der Waals surface area contributed by atoms with Crippen LogP contribution in [0.3, 0.4) is 0 Å². The molecule has 9 heteroatoms. The Morgan fingerprint density at radius 1 is 1.17 bits per heavy atom. The quantitative estimate of drug-likeness (QED) is 0.567. The number of dihydropyridines is 1. The number of nitrogens with one attached hydrogen (secondary N) is 4.